The zero-order valence-electron chi connectivity index (χ0n) is 35.7. The molecule has 0 radical (unpaired) electrons. The van der Waals surface area contributed by atoms with E-state index in [0.717, 1.165) is 28.3 Å². The largest absolute Gasteiger partial charge is 0.459 e. The van der Waals surface area contributed by atoms with Gasteiger partial charge in [0.25, 0.3) is 5.91 Å². The molecule has 1 aliphatic carbocycles. The average Bonchev–Trinajstić information content (AvgIpc) is 3.84. The summed E-state index contributed by atoms with van der Waals surface area (Å²) in [4.78, 5) is 55.8. The number of carbonyl (C=O) groups excluding carboxylic acids is 4. The van der Waals surface area contributed by atoms with Crippen LogP contribution >= 0.6 is 0 Å². The molecular formula is C48H48FN7O7. The quantitative estimate of drug-likeness (QED) is 0.0826. The highest BCUT2D eigenvalue weighted by Crippen LogP contribution is 2.44. The molecule has 6 aromatic rings. The van der Waals surface area contributed by atoms with Gasteiger partial charge in [-0.3, -0.25) is 15.1 Å². The number of nitrogens with one attached hydrogen (secondary N) is 4. The van der Waals surface area contributed by atoms with Gasteiger partial charge in [-0.1, -0.05) is 95.3 Å². The lowest BCUT2D eigenvalue weighted by atomic mass is 9.92. The zero-order chi connectivity index (χ0) is 44.8. The maximum absolute atomic E-state index is 15.3. The molecule has 0 aliphatic heterocycles. The molecule has 1 aliphatic rings. The number of fused-ring (bicyclic) bond motifs is 3. The van der Waals surface area contributed by atoms with E-state index in [4.69, 9.17) is 19.3 Å². The Morgan fingerprint density at radius 1 is 0.810 bits per heavy atom. The number of alkyl carbamates (subject to hydrolysis) is 1. The van der Waals surface area contributed by atoms with Gasteiger partial charge < -0.3 is 30.2 Å². The number of urea groups is 1. The number of esters is 1. The smallest absolute Gasteiger partial charge is 0.407 e. The molecule has 63 heavy (non-hydrogen) atoms. The molecule has 4 amide bonds. The van der Waals surface area contributed by atoms with Gasteiger partial charge in [0.15, 0.2) is 0 Å². The van der Waals surface area contributed by atoms with E-state index in [1.54, 1.807) is 44.2 Å². The van der Waals surface area contributed by atoms with Gasteiger partial charge in [0, 0.05) is 42.8 Å². The van der Waals surface area contributed by atoms with E-state index in [1.165, 1.54) is 42.2 Å². The topological polar surface area (TPSA) is 175 Å². The summed E-state index contributed by atoms with van der Waals surface area (Å²) in [5.41, 5.74) is 5.83. The summed E-state index contributed by atoms with van der Waals surface area (Å²) in [6, 6.07) is 30.1. The van der Waals surface area contributed by atoms with Crippen molar-refractivity contribution in [2.75, 3.05) is 24.3 Å². The number of carbonyl (C=O) groups is 4. The number of hydrogen-bond donors (Lipinski definition) is 4. The van der Waals surface area contributed by atoms with Gasteiger partial charge in [0.1, 0.15) is 48.1 Å². The fraction of sp³-hybridized carbons (Fsp3) is 0.250. The van der Waals surface area contributed by atoms with Crippen LogP contribution < -0.4 is 26.0 Å². The van der Waals surface area contributed by atoms with E-state index in [-0.39, 0.29) is 47.9 Å². The average molecular weight is 854 g/mol. The van der Waals surface area contributed by atoms with E-state index < -0.39 is 41.3 Å². The Bertz CT molecular complexity index is 2630. The Kier molecular flexibility index (Phi) is 12.9. The highest BCUT2D eigenvalue weighted by atomic mass is 19.1. The van der Waals surface area contributed by atoms with E-state index in [0.29, 0.717) is 22.8 Å². The maximum atomic E-state index is 15.3. The number of halogens is 1. The molecule has 4 N–H and O–H groups in total. The fourth-order valence-corrected chi connectivity index (χ4v) is 7.11. The second kappa shape index (κ2) is 18.6. The van der Waals surface area contributed by atoms with Crippen LogP contribution in [0.3, 0.4) is 0 Å². The van der Waals surface area contributed by atoms with Crippen LogP contribution in [0.4, 0.5) is 25.5 Å². The Hall–Kier alpha value is -7.55. The van der Waals surface area contributed by atoms with Gasteiger partial charge in [-0.25, -0.2) is 23.5 Å². The van der Waals surface area contributed by atoms with Crippen LogP contribution in [0.1, 0.15) is 73.4 Å². The third-order valence-corrected chi connectivity index (χ3v) is 10.4. The van der Waals surface area contributed by atoms with Crippen molar-refractivity contribution < 1.29 is 37.8 Å². The minimum absolute atomic E-state index is 0.103. The van der Waals surface area contributed by atoms with Gasteiger partial charge in [-0.2, -0.15) is 5.10 Å². The molecule has 14 nitrogen and oxygen atoms in total. The number of benzene rings is 4. The van der Waals surface area contributed by atoms with Crippen molar-refractivity contribution in [1.29, 1.82) is 0 Å². The molecule has 0 spiro atoms. The van der Waals surface area contributed by atoms with Crippen LogP contribution in [0.5, 0.6) is 11.5 Å². The van der Waals surface area contributed by atoms with Crippen molar-refractivity contribution >= 4 is 35.5 Å². The van der Waals surface area contributed by atoms with E-state index in [9.17, 15) is 19.2 Å². The zero-order valence-corrected chi connectivity index (χ0v) is 35.7. The van der Waals surface area contributed by atoms with E-state index >= 15 is 4.39 Å². The van der Waals surface area contributed by atoms with E-state index in [2.05, 4.69) is 38.4 Å². The number of pyridine rings is 1. The number of anilines is 2. The van der Waals surface area contributed by atoms with Gasteiger partial charge in [0.2, 0.25) is 0 Å². The van der Waals surface area contributed by atoms with Crippen molar-refractivity contribution in [2.45, 2.75) is 58.6 Å². The van der Waals surface area contributed by atoms with Gasteiger partial charge in [-0.15, -0.1) is 0 Å². The second-order valence-corrected chi connectivity index (χ2v) is 16.3. The molecule has 0 bridgehead atoms. The lowest BCUT2D eigenvalue weighted by molar-refractivity contribution is -0.148. The molecule has 2 aromatic heterocycles. The molecule has 4 aromatic carbocycles. The van der Waals surface area contributed by atoms with E-state index in [1.807, 2.05) is 57.2 Å². The minimum Gasteiger partial charge on any atom is -0.459 e. The molecular weight excluding hydrogens is 806 g/mol. The van der Waals surface area contributed by atoms with Crippen molar-refractivity contribution in [3.8, 4) is 28.3 Å². The first-order valence-electron chi connectivity index (χ1n) is 20.4. The predicted molar refractivity (Wildman–Crippen MR) is 236 cm³/mol. The van der Waals surface area contributed by atoms with Crippen LogP contribution in [0.2, 0.25) is 0 Å². The summed E-state index contributed by atoms with van der Waals surface area (Å²) in [7, 11) is 1.48. The van der Waals surface area contributed by atoms with Crippen LogP contribution in [0, 0.1) is 11.7 Å². The normalized spacial score (nSPS) is 12.4. The Labute approximate surface area is 364 Å². The molecule has 0 saturated carbocycles. The third-order valence-electron chi connectivity index (χ3n) is 10.4. The lowest BCUT2D eigenvalue weighted by Gasteiger charge is -2.21. The Morgan fingerprint density at radius 3 is 2.17 bits per heavy atom. The number of amides is 4. The first-order valence-corrected chi connectivity index (χ1v) is 20.4. The van der Waals surface area contributed by atoms with Gasteiger partial charge in [-0.05, 0) is 64.1 Å². The molecule has 15 heteroatoms. The number of ether oxygens (including phenoxy) is 3. The Morgan fingerprint density at radius 2 is 1.51 bits per heavy atom. The molecule has 2 heterocycles. The summed E-state index contributed by atoms with van der Waals surface area (Å²) >= 11 is 0. The van der Waals surface area contributed by atoms with Crippen LogP contribution in [0.15, 0.2) is 115 Å². The molecule has 1 unspecified atom stereocenters. The molecule has 7 rings (SSSR count). The number of nitrogens with zero attached hydrogens (tertiary/aromatic N) is 3. The predicted octanol–water partition coefficient (Wildman–Crippen LogP) is 9.11. The first-order chi connectivity index (χ1) is 30.2. The number of rotatable bonds is 13. The van der Waals surface area contributed by atoms with Crippen LogP contribution in [0.25, 0.3) is 16.8 Å². The summed E-state index contributed by atoms with van der Waals surface area (Å²) in [6.07, 6.45) is 0.678. The standard InChI is InChI=1S/C48H48FN7O7/c1-28(2)43(54-47(60)62-27-37-35-16-9-7-14-33(35)34-15-8-10-17-36(34)37)45(58)61-26-29-12-11-13-30(22-29)56-42(25-41(55-56)48(3,4)5)53-46(59)52-39-19-18-31(23-38(39)49)63-32-20-21-51-40(24-32)44(57)50-6/h7-25,28,37,43H,26-27H2,1-6H3,(H,50,57)(H,54,60)(H2,52,53,59). The second-order valence-electron chi connectivity index (χ2n) is 16.3. The fourth-order valence-electron chi connectivity index (χ4n) is 7.11. The lowest BCUT2D eigenvalue weighted by Crippen LogP contribution is -2.45. The van der Waals surface area contributed by atoms with Gasteiger partial charge in [0.05, 0.1) is 17.1 Å². The van der Waals surface area contributed by atoms with Gasteiger partial charge >= 0.3 is 18.1 Å². The SMILES string of the molecule is CNC(=O)c1cc(Oc2ccc(NC(=O)Nc3cc(C(C)(C)C)nn3-c3cccc(COC(=O)C(NC(=O)OCC4c5ccccc5-c5ccccc54)C(C)C)c3)c(F)c2)ccn1. The highest BCUT2D eigenvalue weighted by Gasteiger charge is 2.31. The summed E-state index contributed by atoms with van der Waals surface area (Å²) in [6.45, 7) is 9.53. The monoisotopic (exact) mass is 853 g/mol. The third kappa shape index (κ3) is 10.2. The summed E-state index contributed by atoms with van der Waals surface area (Å²) < 4.78 is 33.9. The minimum atomic E-state index is -0.975. The first kappa shape index (κ1) is 43.5. The molecule has 0 saturated heterocycles. The van der Waals surface area contributed by atoms with Crippen LogP contribution in [-0.2, 0) is 26.3 Å². The highest BCUT2D eigenvalue weighted by molar-refractivity contribution is 5.99. The maximum Gasteiger partial charge on any atom is 0.407 e. The number of aromatic nitrogens is 3. The molecule has 1 atom stereocenters. The molecule has 324 valence electrons. The Balaban J connectivity index is 0.984. The number of hydrogen-bond acceptors (Lipinski definition) is 9. The van der Waals surface area contributed by atoms with Crippen molar-refractivity contribution in [1.82, 2.24) is 25.4 Å². The van der Waals surface area contributed by atoms with Crippen LogP contribution in [-0.4, -0.2) is 58.5 Å². The summed E-state index contributed by atoms with van der Waals surface area (Å²) in [5.74, 6) is -1.52. The van der Waals surface area contributed by atoms with Crippen molar-refractivity contribution in [3.63, 3.8) is 0 Å². The summed E-state index contributed by atoms with van der Waals surface area (Å²) in [5, 5.41) is 15.3. The van der Waals surface area contributed by atoms with Crippen molar-refractivity contribution in [3.05, 3.63) is 149 Å². The molecule has 0 fully saturated rings. The van der Waals surface area contributed by atoms with Crippen molar-refractivity contribution in [2.24, 2.45) is 5.92 Å².